The van der Waals surface area contributed by atoms with Gasteiger partial charge >= 0.3 is 0 Å². The van der Waals surface area contributed by atoms with E-state index in [1.165, 1.54) is 17.8 Å². The number of thioether (sulfide) groups is 1. The topological polar surface area (TPSA) is 80.4 Å². The average Bonchev–Trinajstić information content (AvgIpc) is 2.61. The van der Waals surface area contributed by atoms with Crippen LogP contribution in [0.3, 0.4) is 0 Å². The van der Waals surface area contributed by atoms with Crippen LogP contribution in [0.4, 0.5) is 5.69 Å². The Morgan fingerprint density at radius 1 is 1.27 bits per heavy atom. The fourth-order valence-electron chi connectivity index (χ4n) is 2.14. The Morgan fingerprint density at radius 3 is 2.73 bits per heavy atom. The Balaban J connectivity index is 1.82. The third-order valence-electron chi connectivity index (χ3n) is 3.38. The molecule has 7 heteroatoms. The summed E-state index contributed by atoms with van der Waals surface area (Å²) < 4.78 is 10.7. The lowest BCUT2D eigenvalue weighted by Gasteiger charge is -2.10. The smallest absolute Gasteiger partial charge is 0.234 e. The standard InChI is InChI=1S/C19H24N2O4S/c1-13(2)10-25-18-9-20-14(8-16(18)22)11-26-12-19(23)21-15-6-4-5-7-17(15)24-3/h4-9,13H,10-12H2,1-3H3,(H,20,22)(H,21,23). The molecule has 0 unspecified atom stereocenters. The second-order valence-corrected chi connectivity index (χ2v) is 7.12. The van der Waals surface area contributed by atoms with E-state index in [4.69, 9.17) is 9.47 Å². The van der Waals surface area contributed by atoms with Crippen LogP contribution in [0.2, 0.25) is 0 Å². The fourth-order valence-corrected chi connectivity index (χ4v) is 2.89. The van der Waals surface area contributed by atoms with Gasteiger partial charge in [0.1, 0.15) is 5.75 Å². The predicted octanol–water partition coefficient (Wildman–Crippen LogP) is 3.29. The van der Waals surface area contributed by atoms with E-state index < -0.39 is 0 Å². The number of benzene rings is 1. The number of carbonyl (C=O) groups excluding carboxylic acids is 1. The molecule has 0 bridgehead atoms. The Labute approximate surface area is 157 Å². The Hall–Kier alpha value is -2.41. The van der Waals surface area contributed by atoms with Crippen molar-refractivity contribution in [1.29, 1.82) is 0 Å². The van der Waals surface area contributed by atoms with Gasteiger partial charge in [-0.2, -0.15) is 0 Å². The molecule has 0 fully saturated rings. The van der Waals surface area contributed by atoms with E-state index in [0.717, 1.165) is 5.69 Å². The third kappa shape index (κ3) is 6.15. The molecule has 6 nitrogen and oxygen atoms in total. The number of para-hydroxylation sites is 2. The maximum atomic E-state index is 12.1. The zero-order chi connectivity index (χ0) is 18.9. The quantitative estimate of drug-likeness (QED) is 0.702. The molecule has 1 heterocycles. The monoisotopic (exact) mass is 376 g/mol. The van der Waals surface area contributed by atoms with Crippen LogP contribution >= 0.6 is 11.8 Å². The van der Waals surface area contributed by atoms with Crippen molar-refractivity contribution >= 4 is 23.4 Å². The largest absolute Gasteiger partial charge is 0.495 e. The number of rotatable bonds is 9. The van der Waals surface area contributed by atoms with Crippen molar-refractivity contribution in [2.75, 3.05) is 24.8 Å². The van der Waals surface area contributed by atoms with Gasteiger partial charge in [-0.3, -0.25) is 9.59 Å². The lowest BCUT2D eigenvalue weighted by atomic mass is 10.2. The van der Waals surface area contributed by atoms with Crippen LogP contribution in [0.25, 0.3) is 0 Å². The number of anilines is 1. The van der Waals surface area contributed by atoms with Crippen LogP contribution in [0.1, 0.15) is 19.5 Å². The molecule has 1 amide bonds. The van der Waals surface area contributed by atoms with Crippen LogP contribution in [0.15, 0.2) is 41.3 Å². The summed E-state index contributed by atoms with van der Waals surface area (Å²) in [5.74, 6) is 1.96. The molecule has 140 valence electrons. The summed E-state index contributed by atoms with van der Waals surface area (Å²) in [6.45, 7) is 4.55. The molecule has 2 N–H and O–H groups in total. The third-order valence-corrected chi connectivity index (χ3v) is 4.36. The summed E-state index contributed by atoms with van der Waals surface area (Å²) in [7, 11) is 1.56. The van der Waals surface area contributed by atoms with Crippen molar-refractivity contribution in [2.45, 2.75) is 19.6 Å². The highest BCUT2D eigenvalue weighted by molar-refractivity contribution is 7.99. The highest BCUT2D eigenvalue weighted by atomic mass is 32.2. The molecule has 0 spiro atoms. The zero-order valence-corrected chi connectivity index (χ0v) is 16.0. The summed E-state index contributed by atoms with van der Waals surface area (Å²) in [5, 5.41) is 2.82. The van der Waals surface area contributed by atoms with E-state index >= 15 is 0 Å². The van der Waals surface area contributed by atoms with Crippen molar-refractivity contribution in [3.8, 4) is 11.5 Å². The number of ether oxygens (including phenoxy) is 2. The minimum atomic E-state index is -0.154. The number of amides is 1. The average molecular weight is 376 g/mol. The number of methoxy groups -OCH3 is 1. The van der Waals surface area contributed by atoms with E-state index in [1.54, 1.807) is 25.4 Å². The highest BCUT2D eigenvalue weighted by Crippen LogP contribution is 2.23. The molecule has 0 saturated carbocycles. The van der Waals surface area contributed by atoms with Gasteiger partial charge in [0.05, 0.1) is 25.2 Å². The van der Waals surface area contributed by atoms with E-state index in [0.29, 0.717) is 35.5 Å². The normalized spacial score (nSPS) is 10.6. The molecule has 2 aromatic rings. The van der Waals surface area contributed by atoms with Gasteiger partial charge in [0, 0.05) is 23.7 Å². The molecule has 0 aliphatic rings. The SMILES string of the molecule is COc1ccccc1NC(=O)CSCc1cc(=O)c(OCC(C)C)c[nH]1. The summed E-state index contributed by atoms with van der Waals surface area (Å²) in [6.07, 6.45) is 1.58. The van der Waals surface area contributed by atoms with Crippen molar-refractivity contribution in [3.05, 3.63) is 52.4 Å². The predicted molar refractivity (Wildman–Crippen MR) is 105 cm³/mol. The van der Waals surface area contributed by atoms with Crippen molar-refractivity contribution in [1.82, 2.24) is 4.98 Å². The van der Waals surface area contributed by atoms with Crippen molar-refractivity contribution in [2.24, 2.45) is 5.92 Å². The van der Waals surface area contributed by atoms with Crippen LogP contribution in [-0.2, 0) is 10.5 Å². The molecule has 26 heavy (non-hydrogen) atoms. The Kier molecular flexibility index (Phi) is 7.59. The summed E-state index contributed by atoms with van der Waals surface area (Å²) in [6, 6.07) is 8.76. The van der Waals surface area contributed by atoms with Crippen LogP contribution in [0, 0.1) is 5.92 Å². The van der Waals surface area contributed by atoms with Crippen molar-refractivity contribution < 1.29 is 14.3 Å². The van der Waals surface area contributed by atoms with Crippen molar-refractivity contribution in [3.63, 3.8) is 0 Å². The second kappa shape index (κ2) is 9.91. The minimum absolute atomic E-state index is 0.126. The summed E-state index contributed by atoms with van der Waals surface area (Å²) >= 11 is 1.42. The number of H-pyrrole nitrogens is 1. The van der Waals surface area contributed by atoms with Gasteiger partial charge in [0.2, 0.25) is 11.3 Å². The number of nitrogens with one attached hydrogen (secondary N) is 2. The maximum absolute atomic E-state index is 12.1. The van der Waals surface area contributed by atoms with Gasteiger partial charge in [0.25, 0.3) is 0 Å². The minimum Gasteiger partial charge on any atom is -0.495 e. The first kappa shape index (κ1) is 19.9. The van der Waals surface area contributed by atoms with Gasteiger partial charge < -0.3 is 19.8 Å². The maximum Gasteiger partial charge on any atom is 0.234 e. The molecule has 2 rings (SSSR count). The Bertz CT molecular complexity index is 789. The number of hydrogen-bond donors (Lipinski definition) is 2. The highest BCUT2D eigenvalue weighted by Gasteiger charge is 2.08. The molecule has 1 aromatic heterocycles. The molecule has 0 aliphatic heterocycles. The molecule has 0 saturated heterocycles. The lowest BCUT2D eigenvalue weighted by molar-refractivity contribution is -0.113. The van der Waals surface area contributed by atoms with Crippen LogP contribution in [0.5, 0.6) is 11.5 Å². The summed E-state index contributed by atoms with van der Waals surface area (Å²) in [4.78, 5) is 27.1. The fraction of sp³-hybridized carbons (Fsp3) is 0.368. The van der Waals surface area contributed by atoms with E-state index in [-0.39, 0.29) is 17.1 Å². The lowest BCUT2D eigenvalue weighted by Crippen LogP contribution is -2.15. The first-order valence-electron chi connectivity index (χ1n) is 8.34. The van der Waals surface area contributed by atoms with Crippen LogP contribution in [-0.4, -0.2) is 30.4 Å². The number of pyridine rings is 1. The van der Waals surface area contributed by atoms with E-state index in [2.05, 4.69) is 10.3 Å². The molecular formula is C19H24N2O4S. The van der Waals surface area contributed by atoms with Gasteiger partial charge in [-0.25, -0.2) is 0 Å². The number of hydrogen-bond acceptors (Lipinski definition) is 5. The first-order chi connectivity index (χ1) is 12.5. The molecule has 0 radical (unpaired) electrons. The van der Waals surface area contributed by atoms with Gasteiger partial charge in [-0.15, -0.1) is 11.8 Å². The van der Waals surface area contributed by atoms with Crippen LogP contribution < -0.4 is 20.2 Å². The summed E-state index contributed by atoms with van der Waals surface area (Å²) in [5.41, 5.74) is 1.24. The molecule has 0 atom stereocenters. The molecular weight excluding hydrogens is 352 g/mol. The number of carbonyl (C=O) groups is 1. The zero-order valence-electron chi connectivity index (χ0n) is 15.2. The van der Waals surface area contributed by atoms with Gasteiger partial charge in [-0.1, -0.05) is 26.0 Å². The van der Waals surface area contributed by atoms with E-state index in [1.807, 2.05) is 26.0 Å². The first-order valence-corrected chi connectivity index (χ1v) is 9.50. The van der Waals surface area contributed by atoms with Gasteiger partial charge in [0.15, 0.2) is 5.75 Å². The van der Waals surface area contributed by atoms with Gasteiger partial charge in [-0.05, 0) is 18.1 Å². The molecule has 0 aliphatic carbocycles. The number of aromatic nitrogens is 1. The molecule has 1 aromatic carbocycles. The van der Waals surface area contributed by atoms with E-state index in [9.17, 15) is 9.59 Å². The Morgan fingerprint density at radius 2 is 2.04 bits per heavy atom. The second-order valence-electron chi connectivity index (χ2n) is 6.13. The number of aromatic amines is 1.